The van der Waals surface area contributed by atoms with Crippen LogP contribution in [0, 0.1) is 18.7 Å². The van der Waals surface area contributed by atoms with Gasteiger partial charge in [0.25, 0.3) is 0 Å². The first-order chi connectivity index (χ1) is 9.06. The van der Waals surface area contributed by atoms with Crippen molar-refractivity contribution in [1.82, 2.24) is 5.32 Å². The van der Waals surface area contributed by atoms with Crippen LogP contribution in [0.25, 0.3) is 0 Å². The highest BCUT2D eigenvalue weighted by Gasteiger charge is 2.25. The summed E-state index contributed by atoms with van der Waals surface area (Å²) < 4.78 is 13.1. The van der Waals surface area contributed by atoms with Crippen LogP contribution in [0.2, 0.25) is 0 Å². The van der Waals surface area contributed by atoms with Crippen molar-refractivity contribution in [3.63, 3.8) is 0 Å². The molecule has 104 valence electrons. The first-order valence-corrected chi connectivity index (χ1v) is 6.83. The van der Waals surface area contributed by atoms with Crippen LogP contribution >= 0.6 is 0 Å². The van der Waals surface area contributed by atoms with Gasteiger partial charge in [-0.25, -0.2) is 4.39 Å². The number of nitrogens with one attached hydrogen (secondary N) is 1. The average molecular weight is 264 g/mol. The van der Waals surface area contributed by atoms with E-state index < -0.39 is 0 Å². The Morgan fingerprint density at radius 2 is 2.26 bits per heavy atom. The first-order valence-electron chi connectivity index (χ1n) is 6.83. The Kier molecular flexibility index (Phi) is 4.53. The van der Waals surface area contributed by atoms with Gasteiger partial charge < -0.3 is 11.1 Å². The Balaban J connectivity index is 1.81. The lowest BCUT2D eigenvalue weighted by molar-refractivity contribution is -0.122. The molecule has 19 heavy (non-hydrogen) atoms. The van der Waals surface area contributed by atoms with Crippen LogP contribution < -0.4 is 11.1 Å². The molecule has 1 aliphatic carbocycles. The number of nitrogens with two attached hydrogens (primary N) is 1. The van der Waals surface area contributed by atoms with E-state index in [0.717, 1.165) is 24.8 Å². The van der Waals surface area contributed by atoms with Crippen molar-refractivity contribution < 1.29 is 9.18 Å². The monoisotopic (exact) mass is 264 g/mol. The molecule has 2 atom stereocenters. The highest BCUT2D eigenvalue weighted by Crippen LogP contribution is 2.26. The third-order valence-electron chi connectivity index (χ3n) is 3.88. The van der Waals surface area contributed by atoms with Gasteiger partial charge in [-0.3, -0.25) is 4.79 Å². The van der Waals surface area contributed by atoms with Crippen molar-refractivity contribution in [3.05, 3.63) is 35.1 Å². The van der Waals surface area contributed by atoms with Crippen molar-refractivity contribution in [2.45, 2.75) is 45.2 Å². The van der Waals surface area contributed by atoms with Crippen LogP contribution in [0.4, 0.5) is 4.39 Å². The van der Waals surface area contributed by atoms with E-state index in [1.807, 2.05) is 0 Å². The maximum atomic E-state index is 13.1. The molecule has 1 fully saturated rings. The predicted octanol–water partition coefficient (Wildman–Crippen LogP) is 2.27. The van der Waals surface area contributed by atoms with E-state index >= 15 is 0 Å². The highest BCUT2D eigenvalue weighted by molar-refractivity contribution is 5.76. The number of hydrogen-bond acceptors (Lipinski definition) is 2. The lowest BCUT2D eigenvalue weighted by atomic mass is 10.00. The Labute approximate surface area is 113 Å². The smallest absolute Gasteiger partial charge is 0.220 e. The van der Waals surface area contributed by atoms with Gasteiger partial charge in [0.15, 0.2) is 0 Å². The molecule has 1 saturated carbocycles. The van der Waals surface area contributed by atoms with Gasteiger partial charge in [-0.1, -0.05) is 18.6 Å². The zero-order valence-electron chi connectivity index (χ0n) is 11.3. The van der Waals surface area contributed by atoms with Crippen LogP contribution in [0.1, 0.15) is 36.8 Å². The van der Waals surface area contributed by atoms with Gasteiger partial charge in [0.2, 0.25) is 5.91 Å². The van der Waals surface area contributed by atoms with E-state index in [4.69, 9.17) is 5.73 Å². The molecular formula is C15H21FN2O. The zero-order chi connectivity index (χ0) is 13.8. The number of carbonyl (C=O) groups excluding carboxylic acids is 1. The number of aryl methyl sites for hydroxylation is 1. The standard InChI is InChI=1S/C15H21FN2O/c1-10-7-11(5-6-13(10)16)9-18-15(19)8-12-3-2-4-14(12)17/h5-7,12,14H,2-4,8-9,17H2,1H3,(H,18,19)/t12-,14+/m0/s1. The molecule has 0 saturated heterocycles. The van der Waals surface area contributed by atoms with E-state index in [2.05, 4.69) is 5.32 Å². The van der Waals surface area contributed by atoms with Crippen LogP contribution in [-0.2, 0) is 11.3 Å². The molecule has 0 aliphatic heterocycles. The molecular weight excluding hydrogens is 243 g/mol. The van der Waals surface area contributed by atoms with E-state index in [9.17, 15) is 9.18 Å². The van der Waals surface area contributed by atoms with Gasteiger partial charge in [0.1, 0.15) is 5.82 Å². The number of benzene rings is 1. The number of amides is 1. The fraction of sp³-hybridized carbons (Fsp3) is 0.533. The maximum Gasteiger partial charge on any atom is 0.220 e. The number of hydrogen-bond donors (Lipinski definition) is 2. The van der Waals surface area contributed by atoms with Gasteiger partial charge in [-0.15, -0.1) is 0 Å². The lowest BCUT2D eigenvalue weighted by Crippen LogP contribution is -2.31. The van der Waals surface area contributed by atoms with Crippen LogP contribution in [0.15, 0.2) is 18.2 Å². The van der Waals surface area contributed by atoms with Crippen molar-refractivity contribution in [2.75, 3.05) is 0 Å². The molecule has 1 aliphatic rings. The van der Waals surface area contributed by atoms with Crippen molar-refractivity contribution in [2.24, 2.45) is 11.7 Å². The maximum absolute atomic E-state index is 13.1. The highest BCUT2D eigenvalue weighted by atomic mass is 19.1. The SMILES string of the molecule is Cc1cc(CNC(=O)C[C@@H]2CCC[C@H]2N)ccc1F. The van der Waals surface area contributed by atoms with Gasteiger partial charge in [0.05, 0.1) is 0 Å². The van der Waals surface area contributed by atoms with Gasteiger partial charge in [-0.05, 0) is 42.9 Å². The molecule has 1 amide bonds. The Morgan fingerprint density at radius 1 is 1.47 bits per heavy atom. The fourth-order valence-corrected chi connectivity index (χ4v) is 2.65. The van der Waals surface area contributed by atoms with Crippen molar-refractivity contribution in [1.29, 1.82) is 0 Å². The molecule has 0 bridgehead atoms. The number of halogens is 1. The minimum Gasteiger partial charge on any atom is -0.352 e. The third kappa shape index (κ3) is 3.77. The summed E-state index contributed by atoms with van der Waals surface area (Å²) >= 11 is 0. The van der Waals surface area contributed by atoms with Crippen LogP contribution in [0.3, 0.4) is 0 Å². The summed E-state index contributed by atoms with van der Waals surface area (Å²) in [7, 11) is 0. The number of rotatable bonds is 4. The quantitative estimate of drug-likeness (QED) is 0.876. The van der Waals surface area contributed by atoms with E-state index in [-0.39, 0.29) is 17.8 Å². The molecule has 3 N–H and O–H groups in total. The molecule has 1 aromatic carbocycles. The summed E-state index contributed by atoms with van der Waals surface area (Å²) in [6.07, 6.45) is 3.69. The molecule has 0 aromatic heterocycles. The van der Waals surface area contributed by atoms with Crippen molar-refractivity contribution in [3.8, 4) is 0 Å². The average Bonchev–Trinajstić information content (AvgIpc) is 2.77. The molecule has 0 heterocycles. The molecule has 1 aromatic rings. The lowest BCUT2D eigenvalue weighted by Gasteiger charge is -2.14. The molecule has 0 unspecified atom stereocenters. The topological polar surface area (TPSA) is 55.1 Å². The largest absolute Gasteiger partial charge is 0.352 e. The second-order valence-corrected chi connectivity index (χ2v) is 5.42. The fourth-order valence-electron chi connectivity index (χ4n) is 2.65. The Bertz CT molecular complexity index is 461. The summed E-state index contributed by atoms with van der Waals surface area (Å²) in [6.45, 7) is 2.17. The minimum absolute atomic E-state index is 0.0318. The van der Waals surface area contributed by atoms with E-state index in [1.54, 1.807) is 19.1 Å². The van der Waals surface area contributed by atoms with Gasteiger partial charge in [0, 0.05) is 19.0 Å². The summed E-state index contributed by atoms with van der Waals surface area (Å²) in [4.78, 5) is 11.8. The van der Waals surface area contributed by atoms with E-state index in [0.29, 0.717) is 24.4 Å². The van der Waals surface area contributed by atoms with Gasteiger partial charge >= 0.3 is 0 Å². The molecule has 4 heteroatoms. The second kappa shape index (κ2) is 6.15. The van der Waals surface area contributed by atoms with Crippen LogP contribution in [0.5, 0.6) is 0 Å². The summed E-state index contributed by atoms with van der Waals surface area (Å²) in [5.41, 5.74) is 7.47. The second-order valence-electron chi connectivity index (χ2n) is 5.42. The Morgan fingerprint density at radius 3 is 2.89 bits per heavy atom. The zero-order valence-corrected chi connectivity index (χ0v) is 11.3. The third-order valence-corrected chi connectivity index (χ3v) is 3.88. The summed E-state index contributed by atoms with van der Waals surface area (Å²) in [5, 5.41) is 2.88. The summed E-state index contributed by atoms with van der Waals surface area (Å²) in [5.74, 6) is 0.131. The molecule has 0 radical (unpaired) electrons. The predicted molar refractivity (Wildman–Crippen MR) is 72.9 cm³/mol. The molecule has 3 nitrogen and oxygen atoms in total. The normalized spacial score (nSPS) is 22.5. The van der Waals surface area contributed by atoms with E-state index in [1.165, 1.54) is 6.07 Å². The molecule has 2 rings (SSSR count). The molecule has 0 spiro atoms. The summed E-state index contributed by atoms with van der Waals surface area (Å²) in [6, 6.07) is 5.06. The van der Waals surface area contributed by atoms with Crippen molar-refractivity contribution >= 4 is 5.91 Å². The Hall–Kier alpha value is -1.42. The van der Waals surface area contributed by atoms with Crippen LogP contribution in [-0.4, -0.2) is 11.9 Å². The first kappa shape index (κ1) is 14.0. The number of carbonyl (C=O) groups is 1. The minimum atomic E-state index is -0.216. The van der Waals surface area contributed by atoms with Gasteiger partial charge in [-0.2, -0.15) is 0 Å².